The molecule has 3 N–H and O–H groups in total. The van der Waals surface area contributed by atoms with Crippen molar-refractivity contribution in [2.24, 2.45) is 0 Å². The maximum absolute atomic E-state index is 11.8. The van der Waals surface area contributed by atoms with Gasteiger partial charge in [-0.25, -0.2) is 4.79 Å². The van der Waals surface area contributed by atoms with Crippen molar-refractivity contribution in [3.8, 4) is 16.9 Å². The maximum atomic E-state index is 11.8. The lowest BCUT2D eigenvalue weighted by Crippen LogP contribution is -2.40. The van der Waals surface area contributed by atoms with Gasteiger partial charge in [0.05, 0.1) is 7.11 Å². The fourth-order valence-electron chi connectivity index (χ4n) is 2.55. The third-order valence-corrected chi connectivity index (χ3v) is 4.07. The Hall–Kier alpha value is -3.06. The van der Waals surface area contributed by atoms with Crippen LogP contribution in [-0.4, -0.2) is 45.4 Å². The first-order chi connectivity index (χ1) is 13.6. The number of anilines is 1. The molecule has 1 atom stereocenters. The van der Waals surface area contributed by atoms with E-state index in [-0.39, 0.29) is 18.6 Å². The standard InChI is InChI=1S/C21H27N3O4/c1-4-11-23-21(26)24-17-9-5-7-15(12-17)16-8-6-10-18(13-16)28-14-19(22-2)20(25)27-3/h5-10,12-13,19,22H,4,11,14H2,1-3H3,(H2,23,24,26)/t19-/m0/s1. The quantitative estimate of drug-likeness (QED) is 0.578. The fourth-order valence-corrected chi connectivity index (χ4v) is 2.55. The molecule has 0 unspecified atom stereocenters. The van der Waals surface area contributed by atoms with Crippen LogP contribution in [-0.2, 0) is 9.53 Å². The summed E-state index contributed by atoms with van der Waals surface area (Å²) in [7, 11) is 3.02. The molecule has 0 aliphatic heterocycles. The number of methoxy groups -OCH3 is 1. The molecule has 7 nitrogen and oxygen atoms in total. The third kappa shape index (κ3) is 6.28. The van der Waals surface area contributed by atoms with E-state index in [1.807, 2.05) is 55.5 Å². The number of urea groups is 1. The molecule has 2 aromatic carbocycles. The number of rotatable bonds is 9. The number of nitrogens with one attached hydrogen (secondary N) is 3. The zero-order chi connectivity index (χ0) is 20.4. The van der Waals surface area contributed by atoms with Crippen LogP contribution in [0.25, 0.3) is 11.1 Å². The van der Waals surface area contributed by atoms with Crippen molar-refractivity contribution in [1.29, 1.82) is 0 Å². The molecule has 0 heterocycles. The normalized spacial score (nSPS) is 11.4. The number of likely N-dealkylation sites (N-methyl/N-ethyl adjacent to an activating group) is 1. The molecule has 2 aromatic rings. The second-order valence-corrected chi connectivity index (χ2v) is 6.16. The molecule has 2 amide bonds. The maximum Gasteiger partial charge on any atom is 0.326 e. The predicted molar refractivity (Wildman–Crippen MR) is 110 cm³/mol. The molecule has 0 aromatic heterocycles. The van der Waals surface area contributed by atoms with Gasteiger partial charge in [0.2, 0.25) is 0 Å². The van der Waals surface area contributed by atoms with Crippen LogP contribution in [0.2, 0.25) is 0 Å². The average Bonchev–Trinajstić information content (AvgIpc) is 2.72. The van der Waals surface area contributed by atoms with Crippen LogP contribution >= 0.6 is 0 Å². The summed E-state index contributed by atoms with van der Waals surface area (Å²) in [4.78, 5) is 23.5. The minimum absolute atomic E-state index is 0.159. The molecule has 28 heavy (non-hydrogen) atoms. The van der Waals surface area contributed by atoms with Crippen molar-refractivity contribution in [2.45, 2.75) is 19.4 Å². The van der Waals surface area contributed by atoms with Crippen LogP contribution in [0.3, 0.4) is 0 Å². The van der Waals surface area contributed by atoms with Crippen molar-refractivity contribution in [3.05, 3.63) is 48.5 Å². The topological polar surface area (TPSA) is 88.7 Å². The third-order valence-electron chi connectivity index (χ3n) is 4.07. The second kappa shape index (κ2) is 10.9. The molecule has 2 rings (SSSR count). The molecule has 0 fully saturated rings. The summed E-state index contributed by atoms with van der Waals surface area (Å²) < 4.78 is 10.5. The van der Waals surface area contributed by atoms with Crippen LogP contribution in [0.5, 0.6) is 5.75 Å². The van der Waals surface area contributed by atoms with Crippen molar-refractivity contribution < 1.29 is 19.1 Å². The molecule has 0 bridgehead atoms. The summed E-state index contributed by atoms with van der Waals surface area (Å²) in [6, 6.07) is 14.4. The largest absolute Gasteiger partial charge is 0.491 e. The van der Waals surface area contributed by atoms with E-state index in [0.29, 0.717) is 18.0 Å². The zero-order valence-corrected chi connectivity index (χ0v) is 16.5. The van der Waals surface area contributed by atoms with E-state index in [1.165, 1.54) is 7.11 Å². The zero-order valence-electron chi connectivity index (χ0n) is 16.5. The van der Waals surface area contributed by atoms with Gasteiger partial charge in [0.25, 0.3) is 0 Å². The second-order valence-electron chi connectivity index (χ2n) is 6.16. The van der Waals surface area contributed by atoms with Crippen molar-refractivity contribution in [3.63, 3.8) is 0 Å². The van der Waals surface area contributed by atoms with Gasteiger partial charge in [-0.2, -0.15) is 0 Å². The summed E-state index contributed by atoms with van der Waals surface area (Å²) in [5.41, 5.74) is 2.59. The lowest BCUT2D eigenvalue weighted by Gasteiger charge is -2.15. The summed E-state index contributed by atoms with van der Waals surface area (Å²) in [6.07, 6.45) is 0.880. The number of hydrogen-bond donors (Lipinski definition) is 3. The van der Waals surface area contributed by atoms with E-state index in [9.17, 15) is 9.59 Å². The number of benzene rings is 2. The van der Waals surface area contributed by atoms with Gasteiger partial charge in [0.1, 0.15) is 18.4 Å². The minimum Gasteiger partial charge on any atom is -0.491 e. The van der Waals surface area contributed by atoms with Gasteiger partial charge in [-0.1, -0.05) is 31.2 Å². The summed E-state index contributed by atoms with van der Waals surface area (Å²) in [5.74, 6) is 0.263. The van der Waals surface area contributed by atoms with E-state index >= 15 is 0 Å². The summed E-state index contributed by atoms with van der Waals surface area (Å²) >= 11 is 0. The molecule has 0 radical (unpaired) electrons. The highest BCUT2D eigenvalue weighted by molar-refractivity contribution is 5.90. The Kier molecular flexibility index (Phi) is 8.30. The van der Waals surface area contributed by atoms with Gasteiger partial charge in [0, 0.05) is 12.2 Å². The lowest BCUT2D eigenvalue weighted by molar-refractivity contribution is -0.143. The number of esters is 1. The van der Waals surface area contributed by atoms with Crippen LogP contribution in [0.4, 0.5) is 10.5 Å². The minimum atomic E-state index is -0.539. The molecule has 7 heteroatoms. The monoisotopic (exact) mass is 385 g/mol. The average molecular weight is 385 g/mol. The Morgan fingerprint density at radius 1 is 1.07 bits per heavy atom. The highest BCUT2D eigenvalue weighted by atomic mass is 16.5. The number of carbonyl (C=O) groups is 2. The van der Waals surface area contributed by atoms with Crippen LogP contribution in [0, 0.1) is 0 Å². The molecule has 150 valence electrons. The van der Waals surface area contributed by atoms with Crippen LogP contribution < -0.4 is 20.7 Å². The van der Waals surface area contributed by atoms with Crippen molar-refractivity contribution in [1.82, 2.24) is 10.6 Å². The molecular formula is C21H27N3O4. The number of ether oxygens (including phenoxy) is 2. The van der Waals surface area contributed by atoms with E-state index in [0.717, 1.165) is 17.5 Å². The Balaban J connectivity index is 2.07. The van der Waals surface area contributed by atoms with Gasteiger partial charge >= 0.3 is 12.0 Å². The fraction of sp³-hybridized carbons (Fsp3) is 0.333. The highest BCUT2D eigenvalue weighted by Crippen LogP contribution is 2.26. The van der Waals surface area contributed by atoms with Crippen LogP contribution in [0.1, 0.15) is 13.3 Å². The smallest absolute Gasteiger partial charge is 0.326 e. The number of amides is 2. The molecule has 0 aliphatic carbocycles. The first kappa shape index (κ1) is 21.2. The molecular weight excluding hydrogens is 358 g/mol. The Morgan fingerprint density at radius 2 is 1.79 bits per heavy atom. The van der Waals surface area contributed by atoms with E-state index in [1.54, 1.807) is 7.05 Å². The molecule has 0 saturated heterocycles. The van der Waals surface area contributed by atoms with Gasteiger partial charge in [-0.15, -0.1) is 0 Å². The van der Waals surface area contributed by atoms with E-state index in [2.05, 4.69) is 16.0 Å². The highest BCUT2D eigenvalue weighted by Gasteiger charge is 2.17. The Labute approximate surface area is 165 Å². The van der Waals surface area contributed by atoms with Crippen molar-refractivity contribution >= 4 is 17.7 Å². The van der Waals surface area contributed by atoms with E-state index in [4.69, 9.17) is 9.47 Å². The Bertz CT molecular complexity index is 795. The van der Waals surface area contributed by atoms with Gasteiger partial charge in [-0.3, -0.25) is 4.79 Å². The molecule has 0 saturated carbocycles. The molecule has 0 aliphatic rings. The van der Waals surface area contributed by atoms with Gasteiger partial charge < -0.3 is 25.4 Å². The number of carbonyl (C=O) groups excluding carboxylic acids is 2. The first-order valence-electron chi connectivity index (χ1n) is 9.20. The lowest BCUT2D eigenvalue weighted by atomic mass is 10.0. The predicted octanol–water partition coefficient (Wildman–Crippen LogP) is 3.02. The summed E-state index contributed by atoms with van der Waals surface area (Å²) in [5, 5.41) is 8.47. The van der Waals surface area contributed by atoms with E-state index < -0.39 is 6.04 Å². The van der Waals surface area contributed by atoms with Gasteiger partial charge in [-0.05, 0) is 48.9 Å². The summed E-state index contributed by atoms with van der Waals surface area (Å²) in [6.45, 7) is 2.79. The SMILES string of the molecule is CCCNC(=O)Nc1cccc(-c2cccc(OC[C@H](NC)C(=O)OC)c2)c1. The molecule has 0 spiro atoms. The van der Waals surface area contributed by atoms with Crippen molar-refractivity contribution in [2.75, 3.05) is 32.6 Å². The first-order valence-corrected chi connectivity index (χ1v) is 9.20. The Morgan fingerprint density at radius 3 is 2.46 bits per heavy atom. The van der Waals surface area contributed by atoms with Crippen LogP contribution in [0.15, 0.2) is 48.5 Å². The van der Waals surface area contributed by atoms with Gasteiger partial charge in [0.15, 0.2) is 0 Å². The number of hydrogen-bond acceptors (Lipinski definition) is 5.